The lowest BCUT2D eigenvalue weighted by Crippen LogP contribution is -2.45. The molecule has 0 saturated carbocycles. The normalized spacial score (nSPS) is 16.9. The number of amides is 1. The van der Waals surface area contributed by atoms with E-state index in [1.807, 2.05) is 18.2 Å². The number of anilines is 1. The number of nitrogens with one attached hydrogen (secondary N) is 1. The van der Waals surface area contributed by atoms with Gasteiger partial charge < -0.3 is 10.2 Å². The van der Waals surface area contributed by atoms with Crippen LogP contribution >= 0.6 is 0 Å². The Morgan fingerprint density at radius 1 is 1.00 bits per heavy atom. The number of piperidine rings is 1. The van der Waals surface area contributed by atoms with E-state index in [0.29, 0.717) is 5.56 Å². The summed E-state index contributed by atoms with van der Waals surface area (Å²) in [5.41, 5.74) is 3.20. The number of aromatic nitrogens is 2. The fraction of sp³-hybridized carbons (Fsp3) is 0.478. The molecule has 2 aliphatic rings. The summed E-state index contributed by atoms with van der Waals surface area (Å²) >= 11 is 0. The first kappa shape index (κ1) is 19.6. The molecule has 0 bridgehead atoms. The standard InChI is InChI=1S/C23H28N4O2/c28-21(17-6-2-1-3-7-17)10-11-22(29)26-18-12-14-27(15-13-18)23-19-8-4-5-9-20(19)24-16-25-23/h1-3,6-7,16,18H,4-5,8-15H2,(H,26,29). The van der Waals surface area contributed by atoms with Gasteiger partial charge in [-0.2, -0.15) is 0 Å². The Morgan fingerprint density at radius 3 is 2.55 bits per heavy atom. The average molecular weight is 393 g/mol. The first-order valence-corrected chi connectivity index (χ1v) is 10.7. The fourth-order valence-electron chi connectivity index (χ4n) is 4.31. The van der Waals surface area contributed by atoms with Gasteiger partial charge in [0, 0.05) is 48.8 Å². The molecule has 2 aromatic rings. The van der Waals surface area contributed by atoms with Crippen molar-refractivity contribution in [1.82, 2.24) is 15.3 Å². The lowest BCUT2D eigenvalue weighted by molar-refractivity contribution is -0.121. The highest BCUT2D eigenvalue weighted by Crippen LogP contribution is 2.28. The molecular weight excluding hydrogens is 364 g/mol. The van der Waals surface area contributed by atoms with Gasteiger partial charge in [-0.1, -0.05) is 30.3 Å². The average Bonchev–Trinajstić information content (AvgIpc) is 2.78. The van der Waals surface area contributed by atoms with E-state index >= 15 is 0 Å². The van der Waals surface area contributed by atoms with Gasteiger partial charge in [-0.3, -0.25) is 9.59 Å². The largest absolute Gasteiger partial charge is 0.356 e. The fourth-order valence-corrected chi connectivity index (χ4v) is 4.31. The van der Waals surface area contributed by atoms with Gasteiger partial charge in [-0.15, -0.1) is 0 Å². The maximum Gasteiger partial charge on any atom is 0.220 e. The van der Waals surface area contributed by atoms with Crippen LogP contribution in [-0.2, 0) is 17.6 Å². The predicted octanol–water partition coefficient (Wildman–Crippen LogP) is 3.10. The second kappa shape index (κ2) is 9.16. The van der Waals surface area contributed by atoms with Crippen molar-refractivity contribution in [3.63, 3.8) is 0 Å². The van der Waals surface area contributed by atoms with Crippen molar-refractivity contribution in [3.8, 4) is 0 Å². The first-order valence-electron chi connectivity index (χ1n) is 10.7. The lowest BCUT2D eigenvalue weighted by Gasteiger charge is -2.35. The Hall–Kier alpha value is -2.76. The van der Waals surface area contributed by atoms with E-state index in [1.165, 1.54) is 24.1 Å². The minimum Gasteiger partial charge on any atom is -0.356 e. The number of carbonyl (C=O) groups is 2. The van der Waals surface area contributed by atoms with E-state index in [4.69, 9.17) is 0 Å². The Bertz CT molecular complexity index is 860. The van der Waals surface area contributed by atoms with Gasteiger partial charge in [0.15, 0.2) is 5.78 Å². The molecule has 1 N–H and O–H groups in total. The van der Waals surface area contributed by atoms with Crippen LogP contribution in [0.4, 0.5) is 5.82 Å². The van der Waals surface area contributed by atoms with E-state index in [0.717, 1.165) is 44.6 Å². The van der Waals surface area contributed by atoms with Crippen LogP contribution in [0.5, 0.6) is 0 Å². The van der Waals surface area contributed by atoms with E-state index in [2.05, 4.69) is 20.2 Å². The van der Waals surface area contributed by atoms with Crippen LogP contribution in [0.1, 0.15) is 60.1 Å². The third-order valence-electron chi connectivity index (χ3n) is 5.94. The number of hydrogen-bond donors (Lipinski definition) is 1. The molecule has 4 rings (SSSR count). The molecule has 1 fully saturated rings. The number of carbonyl (C=O) groups excluding carboxylic acids is 2. The zero-order chi connectivity index (χ0) is 20.1. The van der Waals surface area contributed by atoms with Crippen LogP contribution in [0.25, 0.3) is 0 Å². The van der Waals surface area contributed by atoms with Gasteiger partial charge in [0.25, 0.3) is 0 Å². The van der Waals surface area contributed by atoms with Crippen molar-refractivity contribution in [1.29, 1.82) is 0 Å². The summed E-state index contributed by atoms with van der Waals surface area (Å²) in [6, 6.07) is 9.32. The van der Waals surface area contributed by atoms with Crippen LogP contribution in [0.2, 0.25) is 0 Å². The van der Waals surface area contributed by atoms with E-state index in [9.17, 15) is 9.59 Å². The van der Waals surface area contributed by atoms with E-state index in [1.54, 1.807) is 18.5 Å². The number of fused-ring (bicyclic) bond motifs is 1. The Kier molecular flexibility index (Phi) is 6.17. The third-order valence-corrected chi connectivity index (χ3v) is 5.94. The molecule has 1 aromatic heterocycles. The molecular formula is C23H28N4O2. The predicted molar refractivity (Wildman–Crippen MR) is 112 cm³/mol. The molecule has 1 saturated heterocycles. The van der Waals surface area contributed by atoms with Crippen LogP contribution in [0, 0.1) is 0 Å². The summed E-state index contributed by atoms with van der Waals surface area (Å²) in [7, 11) is 0. The summed E-state index contributed by atoms with van der Waals surface area (Å²) in [5, 5.41) is 3.11. The maximum atomic E-state index is 12.3. The molecule has 29 heavy (non-hydrogen) atoms. The van der Waals surface area contributed by atoms with Crippen LogP contribution < -0.4 is 10.2 Å². The van der Waals surface area contributed by atoms with E-state index in [-0.39, 0.29) is 30.6 Å². The zero-order valence-corrected chi connectivity index (χ0v) is 16.8. The van der Waals surface area contributed by atoms with Gasteiger partial charge in [0.2, 0.25) is 5.91 Å². The van der Waals surface area contributed by atoms with Crippen LogP contribution in [-0.4, -0.2) is 40.8 Å². The quantitative estimate of drug-likeness (QED) is 0.765. The minimum atomic E-state index is -0.0350. The zero-order valence-electron chi connectivity index (χ0n) is 16.8. The second-order valence-corrected chi connectivity index (χ2v) is 7.95. The number of ketones is 1. The topological polar surface area (TPSA) is 75.2 Å². The van der Waals surface area contributed by atoms with Crippen LogP contribution in [0.15, 0.2) is 36.7 Å². The molecule has 2 heterocycles. The number of aryl methyl sites for hydroxylation is 1. The Morgan fingerprint density at radius 2 is 1.76 bits per heavy atom. The lowest BCUT2D eigenvalue weighted by atomic mass is 9.95. The van der Waals surface area contributed by atoms with Crippen molar-refractivity contribution in [2.24, 2.45) is 0 Å². The van der Waals surface area contributed by atoms with Crippen molar-refractivity contribution >= 4 is 17.5 Å². The molecule has 0 unspecified atom stereocenters. The maximum absolute atomic E-state index is 12.3. The number of hydrogen-bond acceptors (Lipinski definition) is 5. The molecule has 0 radical (unpaired) electrons. The highest BCUT2D eigenvalue weighted by atomic mass is 16.2. The summed E-state index contributed by atoms with van der Waals surface area (Å²) in [6.07, 6.45) is 8.53. The molecule has 1 amide bonds. The molecule has 1 aromatic carbocycles. The van der Waals surface area contributed by atoms with Gasteiger partial charge in [-0.25, -0.2) is 9.97 Å². The molecule has 152 valence electrons. The van der Waals surface area contributed by atoms with Crippen molar-refractivity contribution in [3.05, 3.63) is 53.5 Å². The van der Waals surface area contributed by atoms with E-state index < -0.39 is 0 Å². The van der Waals surface area contributed by atoms with Crippen molar-refractivity contribution in [2.45, 2.75) is 57.4 Å². The minimum absolute atomic E-state index is 0.0177. The highest BCUT2D eigenvalue weighted by Gasteiger charge is 2.25. The van der Waals surface area contributed by atoms with Crippen molar-refractivity contribution < 1.29 is 9.59 Å². The highest BCUT2D eigenvalue weighted by molar-refractivity contribution is 5.97. The SMILES string of the molecule is O=C(CCC(=O)c1ccccc1)NC1CCN(c2ncnc3c2CCCC3)CC1. The summed E-state index contributed by atoms with van der Waals surface area (Å²) in [6.45, 7) is 1.77. The van der Waals surface area contributed by atoms with Crippen molar-refractivity contribution in [2.75, 3.05) is 18.0 Å². The number of rotatable bonds is 6. The smallest absolute Gasteiger partial charge is 0.220 e. The Balaban J connectivity index is 1.25. The number of nitrogens with zero attached hydrogens (tertiary/aromatic N) is 3. The first-order chi connectivity index (χ1) is 14.2. The van der Waals surface area contributed by atoms with Gasteiger partial charge in [0.1, 0.15) is 12.1 Å². The summed E-state index contributed by atoms with van der Waals surface area (Å²) < 4.78 is 0. The van der Waals surface area contributed by atoms with Gasteiger partial charge in [-0.05, 0) is 38.5 Å². The molecule has 1 aliphatic heterocycles. The molecule has 0 spiro atoms. The van der Waals surface area contributed by atoms with Crippen LogP contribution in [0.3, 0.4) is 0 Å². The van der Waals surface area contributed by atoms with Gasteiger partial charge >= 0.3 is 0 Å². The Labute approximate surface area is 171 Å². The summed E-state index contributed by atoms with van der Waals surface area (Å²) in [5.74, 6) is 1.07. The van der Waals surface area contributed by atoms with Gasteiger partial charge in [0.05, 0.1) is 0 Å². The third kappa shape index (κ3) is 4.81. The number of benzene rings is 1. The molecule has 6 heteroatoms. The second-order valence-electron chi connectivity index (χ2n) is 7.95. The molecule has 0 atom stereocenters. The molecule has 6 nitrogen and oxygen atoms in total. The summed E-state index contributed by atoms with van der Waals surface area (Å²) in [4.78, 5) is 35.8. The monoisotopic (exact) mass is 392 g/mol. The number of Topliss-reactive ketones (excluding diaryl/α,β-unsaturated/α-hetero) is 1. The molecule has 1 aliphatic carbocycles.